The fourth-order valence-electron chi connectivity index (χ4n) is 5.86. The first-order valence-electron chi connectivity index (χ1n) is 21.3. The minimum atomic E-state index is -0.775. The van der Waals surface area contributed by atoms with Crippen LogP contribution in [-0.4, -0.2) is 81.1 Å². The number of aromatic hydroxyl groups is 1. The summed E-state index contributed by atoms with van der Waals surface area (Å²) in [5.74, 6) is 2.08. The molecule has 0 heterocycles. The zero-order chi connectivity index (χ0) is 42.9. The third-order valence-electron chi connectivity index (χ3n) is 8.95. The Labute approximate surface area is 344 Å². The van der Waals surface area contributed by atoms with Crippen molar-refractivity contribution in [2.45, 2.75) is 199 Å². The maximum atomic E-state index is 10.6. The van der Waals surface area contributed by atoms with Gasteiger partial charge in [0.25, 0.3) is 0 Å². The van der Waals surface area contributed by atoms with Crippen LogP contribution in [0.2, 0.25) is 0 Å². The number of allylic oxidation sites excluding steroid dienone is 1. The Morgan fingerprint density at radius 2 is 0.965 bits per heavy atom. The maximum Gasteiger partial charge on any atom is 0.308 e. The Bertz CT molecular complexity index is 1150. The average Bonchev–Trinajstić information content (AvgIpc) is 3.15. The lowest BCUT2D eigenvalue weighted by Gasteiger charge is -2.15. The molecule has 1 aromatic carbocycles. The maximum absolute atomic E-state index is 10.6. The number of carbonyl (C=O) groups excluding carboxylic acids is 3. The van der Waals surface area contributed by atoms with E-state index in [0.29, 0.717) is 18.6 Å². The van der Waals surface area contributed by atoms with Gasteiger partial charge in [-0.25, -0.2) is 0 Å². The van der Waals surface area contributed by atoms with E-state index in [4.69, 9.17) is 25.7 Å². The van der Waals surface area contributed by atoms with Crippen molar-refractivity contribution >= 4 is 17.9 Å². The Kier molecular flexibility index (Phi) is 39.8. The molecule has 4 unspecified atom stereocenters. The van der Waals surface area contributed by atoms with Crippen molar-refractivity contribution in [3.05, 3.63) is 36.9 Å². The van der Waals surface area contributed by atoms with Crippen molar-refractivity contribution in [2.75, 3.05) is 13.2 Å². The summed E-state index contributed by atoms with van der Waals surface area (Å²) in [6.07, 6.45) is 30.5. The van der Waals surface area contributed by atoms with E-state index < -0.39 is 36.4 Å². The summed E-state index contributed by atoms with van der Waals surface area (Å²) in [6, 6.07) is 5.96. The predicted octanol–water partition coefficient (Wildman–Crippen LogP) is 9.04. The molecule has 0 aliphatic carbocycles. The Balaban J connectivity index is 0. The number of carbonyl (C=O) groups is 3. The van der Waals surface area contributed by atoms with Crippen LogP contribution in [0.25, 0.3) is 0 Å². The molecule has 0 saturated heterocycles. The lowest BCUT2D eigenvalue weighted by atomic mass is 10.0. The first kappa shape index (κ1) is 55.7. The molecule has 328 valence electrons. The highest BCUT2D eigenvalue weighted by Gasteiger charge is 2.14. The Morgan fingerprint density at radius 1 is 0.596 bits per heavy atom. The van der Waals surface area contributed by atoms with E-state index in [1.54, 1.807) is 0 Å². The summed E-state index contributed by atoms with van der Waals surface area (Å²) in [6.45, 7) is 7.61. The van der Waals surface area contributed by atoms with Crippen LogP contribution in [0.15, 0.2) is 36.9 Å². The number of ether oxygens (including phenoxy) is 3. The van der Waals surface area contributed by atoms with E-state index >= 15 is 0 Å². The SMILES string of the molecule is C#CCCCCCCCCCCCC(O)CC(O)COC(C)=O.C=CCCCCCCCCCCCC(O)CC(O)COC(C)=O.CC(=O)Oc1ccc(O)cc1. The van der Waals surface area contributed by atoms with E-state index in [9.17, 15) is 34.8 Å². The van der Waals surface area contributed by atoms with Crippen LogP contribution in [0.3, 0.4) is 0 Å². The molecular weight excluding hydrogens is 728 g/mol. The van der Waals surface area contributed by atoms with E-state index in [2.05, 4.69) is 12.5 Å². The number of hydrogen-bond donors (Lipinski definition) is 5. The molecule has 1 rings (SSSR count). The number of hydrogen-bond acceptors (Lipinski definition) is 11. The molecule has 1 aromatic rings. The van der Waals surface area contributed by atoms with Crippen molar-refractivity contribution in [3.63, 3.8) is 0 Å². The Morgan fingerprint density at radius 3 is 1.32 bits per heavy atom. The summed E-state index contributed by atoms with van der Waals surface area (Å²) in [7, 11) is 0. The smallest absolute Gasteiger partial charge is 0.308 e. The van der Waals surface area contributed by atoms with Crippen LogP contribution >= 0.6 is 0 Å². The Hall–Kier alpha value is -3.43. The molecule has 0 spiro atoms. The van der Waals surface area contributed by atoms with Gasteiger partial charge in [-0.3, -0.25) is 14.4 Å². The largest absolute Gasteiger partial charge is 0.508 e. The number of rotatable bonds is 32. The molecule has 0 bridgehead atoms. The van der Waals surface area contributed by atoms with Gasteiger partial charge in [-0.05, 0) is 56.4 Å². The highest BCUT2D eigenvalue weighted by atomic mass is 16.5. The van der Waals surface area contributed by atoms with E-state index in [1.807, 2.05) is 6.08 Å². The number of benzene rings is 1. The van der Waals surface area contributed by atoms with Gasteiger partial charge < -0.3 is 39.7 Å². The summed E-state index contributed by atoms with van der Waals surface area (Å²) in [4.78, 5) is 31.6. The van der Waals surface area contributed by atoms with Crippen LogP contribution in [0.1, 0.15) is 175 Å². The summed E-state index contributed by atoms with van der Waals surface area (Å²) < 4.78 is 14.1. The fraction of sp³-hybridized carbons (Fsp3) is 0.717. The van der Waals surface area contributed by atoms with Crippen LogP contribution in [0.4, 0.5) is 0 Å². The quantitative estimate of drug-likeness (QED) is 0.0154. The van der Waals surface area contributed by atoms with Gasteiger partial charge in [-0.15, -0.1) is 18.9 Å². The number of unbranched alkanes of at least 4 members (excludes halogenated alkanes) is 18. The number of esters is 3. The molecule has 0 aromatic heterocycles. The minimum absolute atomic E-state index is 0.0286. The van der Waals surface area contributed by atoms with Crippen molar-refractivity contribution in [1.82, 2.24) is 0 Å². The number of phenolic OH excluding ortho intramolecular Hbond substituents is 1. The zero-order valence-corrected chi connectivity index (χ0v) is 35.6. The number of phenols is 1. The minimum Gasteiger partial charge on any atom is -0.508 e. The summed E-state index contributed by atoms with van der Waals surface area (Å²) in [5.41, 5.74) is 0. The standard InChI is InChI=1S/C19H36O4.C19H34O4.C8H8O3/c2*1-3-4-5-6-7-8-9-10-11-12-13-14-18(21)15-19(22)16-23-17(2)20;1-6(9)11-8-4-2-7(10)3-5-8/h3,18-19,21-22H,1,4-16H2,2H3;1,18-19,21-22H,4-16H2,2H3;2-5,10H,1H3. The second-order valence-corrected chi connectivity index (χ2v) is 14.8. The molecule has 11 heteroatoms. The summed E-state index contributed by atoms with van der Waals surface area (Å²) >= 11 is 0. The van der Waals surface area contributed by atoms with Gasteiger partial charge in [0.15, 0.2) is 0 Å². The molecule has 0 fully saturated rings. The molecule has 0 amide bonds. The lowest BCUT2D eigenvalue weighted by Crippen LogP contribution is -2.23. The monoisotopic (exact) mass is 807 g/mol. The van der Waals surface area contributed by atoms with Crippen molar-refractivity contribution in [1.29, 1.82) is 0 Å². The van der Waals surface area contributed by atoms with E-state index in [-0.39, 0.29) is 37.8 Å². The summed E-state index contributed by atoms with van der Waals surface area (Å²) in [5, 5.41) is 47.7. The number of aliphatic hydroxyl groups is 4. The van der Waals surface area contributed by atoms with Gasteiger partial charge in [-0.1, -0.05) is 109 Å². The van der Waals surface area contributed by atoms with E-state index in [0.717, 1.165) is 44.9 Å². The molecule has 0 aliphatic rings. The fourth-order valence-corrected chi connectivity index (χ4v) is 5.86. The predicted molar refractivity (Wildman–Crippen MR) is 227 cm³/mol. The third kappa shape index (κ3) is 45.1. The van der Waals surface area contributed by atoms with Crippen LogP contribution in [0, 0.1) is 12.3 Å². The molecule has 4 atom stereocenters. The lowest BCUT2D eigenvalue weighted by molar-refractivity contribution is -0.145. The van der Waals surface area contributed by atoms with Gasteiger partial charge in [0.1, 0.15) is 24.7 Å². The van der Waals surface area contributed by atoms with E-state index in [1.165, 1.54) is 129 Å². The molecule has 5 N–H and O–H groups in total. The van der Waals surface area contributed by atoms with Crippen LogP contribution < -0.4 is 4.74 Å². The average molecular weight is 807 g/mol. The molecule has 0 saturated carbocycles. The van der Waals surface area contributed by atoms with Crippen molar-refractivity contribution in [3.8, 4) is 23.8 Å². The van der Waals surface area contributed by atoms with Gasteiger partial charge in [0, 0.05) is 40.0 Å². The van der Waals surface area contributed by atoms with Crippen LogP contribution in [-0.2, 0) is 23.9 Å². The highest BCUT2D eigenvalue weighted by molar-refractivity contribution is 5.69. The first-order valence-corrected chi connectivity index (χ1v) is 21.3. The molecule has 0 aliphatic heterocycles. The zero-order valence-electron chi connectivity index (χ0n) is 35.6. The normalized spacial score (nSPS) is 12.6. The van der Waals surface area contributed by atoms with Gasteiger partial charge in [0.2, 0.25) is 0 Å². The van der Waals surface area contributed by atoms with Crippen molar-refractivity contribution < 1.29 is 54.1 Å². The van der Waals surface area contributed by atoms with Gasteiger partial charge in [-0.2, -0.15) is 0 Å². The molecular formula is C46H78O11. The molecule has 11 nitrogen and oxygen atoms in total. The second kappa shape index (κ2) is 40.8. The van der Waals surface area contributed by atoms with Gasteiger partial charge in [0.05, 0.1) is 24.4 Å². The molecule has 57 heavy (non-hydrogen) atoms. The highest BCUT2D eigenvalue weighted by Crippen LogP contribution is 2.17. The van der Waals surface area contributed by atoms with Crippen molar-refractivity contribution in [2.24, 2.45) is 0 Å². The number of terminal acetylenes is 1. The number of aliphatic hydroxyl groups excluding tert-OH is 4. The third-order valence-corrected chi connectivity index (χ3v) is 8.95. The van der Waals surface area contributed by atoms with Gasteiger partial charge >= 0.3 is 17.9 Å². The second-order valence-electron chi connectivity index (χ2n) is 14.8. The van der Waals surface area contributed by atoms with Crippen LogP contribution in [0.5, 0.6) is 11.5 Å². The topological polar surface area (TPSA) is 180 Å². The first-order chi connectivity index (χ1) is 27.3. The molecule has 0 radical (unpaired) electrons.